The van der Waals surface area contributed by atoms with E-state index in [4.69, 9.17) is 10.4 Å². The van der Waals surface area contributed by atoms with Crippen LogP contribution in [0.5, 0.6) is 0 Å². The fourth-order valence-electron chi connectivity index (χ4n) is 0.0985. The van der Waals surface area contributed by atoms with Gasteiger partial charge in [-0.15, -0.1) is 0 Å². The Morgan fingerprint density at radius 1 is 2.00 bits per heavy atom. The highest BCUT2D eigenvalue weighted by Gasteiger charge is 1.90. The average Bonchev–Trinajstić information content (AvgIpc) is 1.35. The van der Waals surface area contributed by atoms with Gasteiger partial charge >= 0.3 is 0 Å². The summed E-state index contributed by atoms with van der Waals surface area (Å²) in [6.07, 6.45) is -0.637. The molecule has 0 heterocycles. The highest BCUT2D eigenvalue weighted by Crippen LogP contribution is 1.76. The largest absolute Gasteiger partial charge is 0.391 e. The summed E-state index contributed by atoms with van der Waals surface area (Å²) < 4.78 is 0. The van der Waals surface area contributed by atoms with E-state index in [2.05, 4.69) is 4.89 Å². The Morgan fingerprint density at radius 2 is 2.50 bits per heavy atom. The van der Waals surface area contributed by atoms with Gasteiger partial charge in [0.2, 0.25) is 0 Å². The van der Waals surface area contributed by atoms with Gasteiger partial charge in [0.15, 0.2) is 0 Å². The molecule has 6 heavy (non-hydrogen) atoms. The van der Waals surface area contributed by atoms with Gasteiger partial charge < -0.3 is 5.11 Å². The van der Waals surface area contributed by atoms with E-state index in [0.29, 0.717) is 0 Å². The molecule has 3 heteroatoms. The van der Waals surface area contributed by atoms with Gasteiger partial charge in [0.25, 0.3) is 0 Å². The Morgan fingerprint density at radius 3 is 2.50 bits per heavy atom. The molecule has 0 rings (SSSR count). The number of hydrogen-bond donors (Lipinski definition) is 1. The van der Waals surface area contributed by atoms with Crippen molar-refractivity contribution in [3.8, 4) is 0 Å². The van der Waals surface area contributed by atoms with Crippen LogP contribution in [0.1, 0.15) is 6.92 Å². The zero-order valence-corrected chi connectivity index (χ0v) is 3.55. The summed E-state index contributed by atoms with van der Waals surface area (Å²) in [4.78, 5) is 3.30. The molecule has 1 radical (unpaired) electrons. The first kappa shape index (κ1) is 5.88. The molecule has 1 atom stereocenters. The van der Waals surface area contributed by atoms with E-state index in [1.807, 2.05) is 0 Å². The third-order valence-corrected chi connectivity index (χ3v) is 0.309. The SMILES string of the molecule is CC(O)CO[O]. The summed E-state index contributed by atoms with van der Waals surface area (Å²) in [5, 5.41) is 17.3. The molecule has 0 fully saturated rings. The fourth-order valence-corrected chi connectivity index (χ4v) is 0.0985. The third kappa shape index (κ3) is 3.88. The molecule has 0 spiro atoms. The molecule has 1 unspecified atom stereocenters. The zero-order valence-electron chi connectivity index (χ0n) is 3.55. The lowest BCUT2D eigenvalue weighted by Crippen LogP contribution is -2.06. The maximum absolute atomic E-state index is 9.08. The van der Waals surface area contributed by atoms with Crippen molar-refractivity contribution < 1.29 is 15.3 Å². The standard InChI is InChI=1S/C3H7O3/c1-3(4)2-6-5/h3-4H,2H2,1H3. The topological polar surface area (TPSA) is 49.4 Å². The second-order valence-corrected chi connectivity index (χ2v) is 1.13. The van der Waals surface area contributed by atoms with Gasteiger partial charge in [0.05, 0.1) is 6.10 Å². The van der Waals surface area contributed by atoms with Crippen LogP contribution < -0.4 is 0 Å². The van der Waals surface area contributed by atoms with Crippen molar-refractivity contribution in [2.45, 2.75) is 13.0 Å². The van der Waals surface area contributed by atoms with Crippen LogP contribution in [0.25, 0.3) is 0 Å². The van der Waals surface area contributed by atoms with Crippen LogP contribution in [-0.4, -0.2) is 17.8 Å². The molecule has 0 saturated heterocycles. The molecule has 0 saturated carbocycles. The summed E-state index contributed by atoms with van der Waals surface area (Å²) in [7, 11) is 0. The Labute approximate surface area is 36.1 Å². The van der Waals surface area contributed by atoms with Crippen LogP contribution in [-0.2, 0) is 10.1 Å². The highest BCUT2D eigenvalue weighted by atomic mass is 17.1. The predicted octanol–water partition coefficient (Wildman–Crippen LogP) is -0.271. The Kier molecular flexibility index (Phi) is 3.02. The van der Waals surface area contributed by atoms with Crippen molar-refractivity contribution in [2.75, 3.05) is 6.61 Å². The molecular weight excluding hydrogens is 84.0 g/mol. The maximum atomic E-state index is 9.08. The van der Waals surface area contributed by atoms with E-state index >= 15 is 0 Å². The molecule has 0 aliphatic carbocycles. The van der Waals surface area contributed by atoms with Crippen LogP contribution in [0.3, 0.4) is 0 Å². The minimum absolute atomic E-state index is 0.125. The number of hydrogen-bond acceptors (Lipinski definition) is 2. The van der Waals surface area contributed by atoms with E-state index < -0.39 is 6.10 Å². The van der Waals surface area contributed by atoms with E-state index in [-0.39, 0.29) is 6.61 Å². The average molecular weight is 91.1 g/mol. The van der Waals surface area contributed by atoms with Gasteiger partial charge in [-0.3, -0.25) is 0 Å². The molecule has 0 aliphatic rings. The quantitative estimate of drug-likeness (QED) is 0.375. The molecule has 1 N–H and O–H groups in total. The van der Waals surface area contributed by atoms with Gasteiger partial charge in [-0.1, -0.05) is 0 Å². The molecular formula is C3H7O3. The van der Waals surface area contributed by atoms with Crippen molar-refractivity contribution in [1.29, 1.82) is 0 Å². The first-order chi connectivity index (χ1) is 2.77. The summed E-state index contributed by atoms with van der Waals surface area (Å²) in [6, 6.07) is 0. The van der Waals surface area contributed by atoms with Crippen LogP contribution in [0.2, 0.25) is 0 Å². The minimum Gasteiger partial charge on any atom is -0.391 e. The highest BCUT2D eigenvalue weighted by molar-refractivity contribution is 4.35. The van der Waals surface area contributed by atoms with E-state index in [1.165, 1.54) is 6.92 Å². The number of aliphatic hydroxyl groups excluding tert-OH is 1. The summed E-state index contributed by atoms with van der Waals surface area (Å²) in [5.41, 5.74) is 0. The minimum atomic E-state index is -0.637. The van der Waals surface area contributed by atoms with Crippen LogP contribution in [0.4, 0.5) is 0 Å². The molecule has 0 bridgehead atoms. The Balaban J connectivity index is 2.63. The number of aliphatic hydroxyl groups is 1. The Bertz CT molecular complexity index is 27.2. The van der Waals surface area contributed by atoms with Crippen LogP contribution in [0, 0.1) is 0 Å². The normalized spacial score (nSPS) is 14.5. The lowest BCUT2D eigenvalue weighted by atomic mass is 10.5. The maximum Gasteiger partial charge on any atom is 0.111 e. The molecule has 37 valence electrons. The molecule has 0 aliphatic heterocycles. The first-order valence-electron chi connectivity index (χ1n) is 1.70. The number of rotatable bonds is 2. The summed E-state index contributed by atoms with van der Waals surface area (Å²) in [5.74, 6) is 0. The van der Waals surface area contributed by atoms with Gasteiger partial charge in [-0.2, -0.15) is 0 Å². The van der Waals surface area contributed by atoms with E-state index in [0.717, 1.165) is 0 Å². The van der Waals surface area contributed by atoms with Crippen molar-refractivity contribution >= 4 is 0 Å². The summed E-state index contributed by atoms with van der Waals surface area (Å²) >= 11 is 0. The van der Waals surface area contributed by atoms with Crippen LogP contribution >= 0.6 is 0 Å². The van der Waals surface area contributed by atoms with Crippen molar-refractivity contribution in [3.05, 3.63) is 0 Å². The Hall–Kier alpha value is -0.120. The molecule has 0 aromatic heterocycles. The molecule has 0 aromatic carbocycles. The lowest BCUT2D eigenvalue weighted by Gasteiger charge is -1.93. The van der Waals surface area contributed by atoms with Gasteiger partial charge in [-0.05, 0) is 12.2 Å². The first-order valence-corrected chi connectivity index (χ1v) is 1.70. The zero-order chi connectivity index (χ0) is 4.99. The second kappa shape index (κ2) is 3.08. The van der Waals surface area contributed by atoms with Crippen molar-refractivity contribution in [3.63, 3.8) is 0 Å². The van der Waals surface area contributed by atoms with Gasteiger partial charge in [0, 0.05) is 0 Å². The molecule has 0 amide bonds. The lowest BCUT2D eigenvalue weighted by molar-refractivity contribution is -0.313. The van der Waals surface area contributed by atoms with Gasteiger partial charge in [0.1, 0.15) is 6.61 Å². The van der Waals surface area contributed by atoms with Gasteiger partial charge in [-0.25, -0.2) is 4.89 Å². The monoisotopic (exact) mass is 91.0 g/mol. The van der Waals surface area contributed by atoms with E-state index in [1.54, 1.807) is 0 Å². The molecule has 0 aromatic rings. The van der Waals surface area contributed by atoms with Crippen LogP contribution in [0.15, 0.2) is 0 Å². The predicted molar refractivity (Wildman–Crippen MR) is 18.3 cm³/mol. The third-order valence-electron chi connectivity index (χ3n) is 0.309. The second-order valence-electron chi connectivity index (χ2n) is 1.13. The smallest absolute Gasteiger partial charge is 0.111 e. The fraction of sp³-hybridized carbons (Fsp3) is 1.00. The summed E-state index contributed by atoms with van der Waals surface area (Å²) in [6.45, 7) is 1.36. The van der Waals surface area contributed by atoms with E-state index in [9.17, 15) is 0 Å². The van der Waals surface area contributed by atoms with Crippen molar-refractivity contribution in [1.82, 2.24) is 0 Å². The molecule has 3 nitrogen and oxygen atoms in total. The van der Waals surface area contributed by atoms with Crippen molar-refractivity contribution in [2.24, 2.45) is 0 Å².